The molecule has 0 aliphatic rings. The highest BCUT2D eigenvalue weighted by Gasteiger charge is 2.04. The van der Waals surface area contributed by atoms with Crippen molar-refractivity contribution in [3.8, 4) is 5.75 Å². The zero-order valence-corrected chi connectivity index (χ0v) is 8.71. The number of ether oxygens (including phenoxy) is 1. The molecule has 0 radical (unpaired) electrons. The molecule has 0 atom stereocenters. The molecule has 0 spiro atoms. The number of hydrogen-bond donors (Lipinski definition) is 1. The molecule has 0 amide bonds. The second kappa shape index (κ2) is 4.98. The van der Waals surface area contributed by atoms with Crippen LogP contribution in [-0.4, -0.2) is 16.7 Å². The SMILES string of the molecule is C=C(Cl)COc1ccc(C)nc1CO. The average molecular weight is 214 g/mol. The molecule has 1 N–H and O–H groups in total. The van der Waals surface area contributed by atoms with Crippen LogP contribution in [-0.2, 0) is 6.61 Å². The van der Waals surface area contributed by atoms with Crippen molar-refractivity contribution in [2.75, 3.05) is 6.61 Å². The van der Waals surface area contributed by atoms with Crippen LogP contribution in [0.1, 0.15) is 11.4 Å². The van der Waals surface area contributed by atoms with Crippen molar-refractivity contribution in [3.05, 3.63) is 35.1 Å². The Morgan fingerprint density at radius 1 is 1.64 bits per heavy atom. The molecular formula is C10H12ClNO2. The van der Waals surface area contributed by atoms with Crippen molar-refractivity contribution in [2.45, 2.75) is 13.5 Å². The Morgan fingerprint density at radius 2 is 2.36 bits per heavy atom. The highest BCUT2D eigenvalue weighted by atomic mass is 35.5. The molecule has 0 saturated carbocycles. The number of halogens is 1. The summed E-state index contributed by atoms with van der Waals surface area (Å²) in [6.07, 6.45) is 0. The zero-order chi connectivity index (χ0) is 10.6. The summed E-state index contributed by atoms with van der Waals surface area (Å²) in [6, 6.07) is 3.57. The molecule has 1 heterocycles. The van der Waals surface area contributed by atoms with Gasteiger partial charge in [0.2, 0.25) is 0 Å². The fraction of sp³-hybridized carbons (Fsp3) is 0.300. The lowest BCUT2D eigenvalue weighted by Crippen LogP contribution is -2.02. The summed E-state index contributed by atoms with van der Waals surface area (Å²) in [5.74, 6) is 0.542. The van der Waals surface area contributed by atoms with Gasteiger partial charge in [0.05, 0.1) is 6.61 Å². The molecular weight excluding hydrogens is 202 g/mol. The van der Waals surface area contributed by atoms with Crippen molar-refractivity contribution in [2.24, 2.45) is 0 Å². The van der Waals surface area contributed by atoms with Gasteiger partial charge >= 0.3 is 0 Å². The summed E-state index contributed by atoms with van der Waals surface area (Å²) >= 11 is 5.55. The van der Waals surface area contributed by atoms with Crippen LogP contribution in [0.3, 0.4) is 0 Å². The summed E-state index contributed by atoms with van der Waals surface area (Å²) in [7, 11) is 0. The Morgan fingerprint density at radius 3 is 2.93 bits per heavy atom. The molecule has 1 aromatic rings. The molecule has 76 valence electrons. The third-order valence-corrected chi connectivity index (χ3v) is 1.71. The van der Waals surface area contributed by atoms with Crippen molar-refractivity contribution in [1.82, 2.24) is 4.98 Å². The van der Waals surface area contributed by atoms with Gasteiger partial charge in [-0.2, -0.15) is 0 Å². The lowest BCUT2D eigenvalue weighted by atomic mass is 10.3. The largest absolute Gasteiger partial charge is 0.486 e. The van der Waals surface area contributed by atoms with Gasteiger partial charge in [0.15, 0.2) is 0 Å². The predicted molar refractivity (Wildman–Crippen MR) is 55.4 cm³/mol. The third-order valence-electron chi connectivity index (χ3n) is 1.61. The summed E-state index contributed by atoms with van der Waals surface area (Å²) < 4.78 is 5.29. The van der Waals surface area contributed by atoms with Crippen LogP contribution >= 0.6 is 11.6 Å². The second-order valence-corrected chi connectivity index (χ2v) is 3.40. The van der Waals surface area contributed by atoms with E-state index in [4.69, 9.17) is 21.4 Å². The molecule has 0 fully saturated rings. The lowest BCUT2D eigenvalue weighted by molar-refractivity contribution is 0.263. The van der Waals surface area contributed by atoms with Crippen LogP contribution in [0.4, 0.5) is 0 Å². The van der Waals surface area contributed by atoms with Gasteiger partial charge in [0, 0.05) is 10.7 Å². The topological polar surface area (TPSA) is 42.4 Å². The molecule has 1 aromatic heterocycles. The van der Waals surface area contributed by atoms with Crippen LogP contribution in [0.2, 0.25) is 0 Å². The Hall–Kier alpha value is -1.06. The van der Waals surface area contributed by atoms with Gasteiger partial charge < -0.3 is 9.84 Å². The highest BCUT2D eigenvalue weighted by Crippen LogP contribution is 2.17. The van der Waals surface area contributed by atoms with Crippen LogP contribution in [0, 0.1) is 6.92 Å². The van der Waals surface area contributed by atoms with E-state index in [2.05, 4.69) is 11.6 Å². The molecule has 0 saturated heterocycles. The quantitative estimate of drug-likeness (QED) is 0.832. The van der Waals surface area contributed by atoms with Gasteiger partial charge in [-0.25, -0.2) is 0 Å². The van der Waals surface area contributed by atoms with E-state index in [9.17, 15) is 0 Å². The maximum atomic E-state index is 9.01. The van der Waals surface area contributed by atoms with E-state index in [0.717, 1.165) is 5.69 Å². The monoisotopic (exact) mass is 213 g/mol. The molecule has 1 rings (SSSR count). The number of aliphatic hydroxyl groups excluding tert-OH is 1. The first kappa shape index (κ1) is 11.0. The maximum Gasteiger partial charge on any atom is 0.143 e. The van der Waals surface area contributed by atoms with Gasteiger partial charge in [0.25, 0.3) is 0 Å². The summed E-state index contributed by atoms with van der Waals surface area (Å²) in [5.41, 5.74) is 1.36. The van der Waals surface area contributed by atoms with Crippen molar-refractivity contribution in [1.29, 1.82) is 0 Å². The van der Waals surface area contributed by atoms with Gasteiger partial charge in [-0.15, -0.1) is 0 Å². The van der Waals surface area contributed by atoms with E-state index in [0.29, 0.717) is 16.5 Å². The van der Waals surface area contributed by atoms with Gasteiger partial charge in [-0.1, -0.05) is 18.2 Å². The van der Waals surface area contributed by atoms with Crippen LogP contribution in [0.25, 0.3) is 0 Å². The third kappa shape index (κ3) is 3.01. The standard InChI is InChI=1S/C10H12ClNO2/c1-7(11)6-14-10-4-3-8(2)12-9(10)5-13/h3-4,13H,1,5-6H2,2H3. The van der Waals surface area contributed by atoms with Gasteiger partial charge in [0.1, 0.15) is 18.1 Å². The Balaban J connectivity index is 2.80. The summed E-state index contributed by atoms with van der Waals surface area (Å²) in [4.78, 5) is 4.12. The smallest absolute Gasteiger partial charge is 0.143 e. The van der Waals surface area contributed by atoms with E-state index in [1.165, 1.54) is 0 Å². The molecule has 0 aliphatic heterocycles. The van der Waals surface area contributed by atoms with Crippen molar-refractivity contribution < 1.29 is 9.84 Å². The minimum absolute atomic E-state index is 0.147. The zero-order valence-electron chi connectivity index (χ0n) is 7.96. The normalized spacial score (nSPS) is 9.93. The average Bonchev–Trinajstić information content (AvgIpc) is 2.15. The van der Waals surface area contributed by atoms with Crippen molar-refractivity contribution in [3.63, 3.8) is 0 Å². The molecule has 0 aliphatic carbocycles. The number of rotatable bonds is 4. The molecule has 4 heteroatoms. The van der Waals surface area contributed by atoms with E-state index in [1.807, 2.05) is 13.0 Å². The van der Waals surface area contributed by atoms with Crippen molar-refractivity contribution >= 4 is 11.6 Å². The second-order valence-electron chi connectivity index (χ2n) is 2.86. The number of nitrogens with zero attached hydrogens (tertiary/aromatic N) is 1. The van der Waals surface area contributed by atoms with E-state index in [-0.39, 0.29) is 13.2 Å². The molecule has 3 nitrogen and oxygen atoms in total. The van der Waals surface area contributed by atoms with Crippen LogP contribution in [0.15, 0.2) is 23.7 Å². The lowest BCUT2D eigenvalue weighted by Gasteiger charge is -2.08. The minimum Gasteiger partial charge on any atom is -0.486 e. The number of pyridine rings is 1. The van der Waals surface area contributed by atoms with Gasteiger partial charge in [-0.05, 0) is 19.1 Å². The predicted octanol–water partition coefficient (Wildman–Crippen LogP) is 2.01. The number of aryl methyl sites for hydroxylation is 1. The van der Waals surface area contributed by atoms with E-state index < -0.39 is 0 Å². The summed E-state index contributed by atoms with van der Waals surface area (Å²) in [5, 5.41) is 9.42. The number of aromatic nitrogens is 1. The number of hydrogen-bond acceptors (Lipinski definition) is 3. The molecule has 14 heavy (non-hydrogen) atoms. The first-order valence-electron chi connectivity index (χ1n) is 4.17. The minimum atomic E-state index is -0.147. The molecule has 0 aromatic carbocycles. The fourth-order valence-corrected chi connectivity index (χ4v) is 1.05. The summed E-state index contributed by atoms with van der Waals surface area (Å²) in [6.45, 7) is 5.43. The Labute approximate surface area is 88.0 Å². The Kier molecular flexibility index (Phi) is 3.92. The Bertz CT molecular complexity index is 339. The maximum absolute atomic E-state index is 9.01. The first-order valence-corrected chi connectivity index (χ1v) is 4.54. The fourth-order valence-electron chi connectivity index (χ4n) is 0.998. The van der Waals surface area contributed by atoms with E-state index in [1.54, 1.807) is 6.07 Å². The van der Waals surface area contributed by atoms with E-state index >= 15 is 0 Å². The number of aliphatic hydroxyl groups is 1. The highest BCUT2D eigenvalue weighted by molar-refractivity contribution is 6.29. The molecule has 0 bridgehead atoms. The van der Waals surface area contributed by atoms with Crippen LogP contribution in [0.5, 0.6) is 5.75 Å². The van der Waals surface area contributed by atoms with Gasteiger partial charge in [-0.3, -0.25) is 4.98 Å². The van der Waals surface area contributed by atoms with Crippen LogP contribution < -0.4 is 4.74 Å². The molecule has 0 unspecified atom stereocenters. The first-order chi connectivity index (χ1) is 6.63.